The summed E-state index contributed by atoms with van der Waals surface area (Å²) < 4.78 is 0. The molecule has 0 aromatic rings. The molecule has 1 atom stereocenters. The predicted molar refractivity (Wildman–Crippen MR) is 35.5 cm³/mol. The van der Waals surface area contributed by atoms with E-state index < -0.39 is 0 Å². The van der Waals surface area contributed by atoms with Gasteiger partial charge in [0.05, 0.1) is 5.71 Å². The number of quaternary nitrogens is 1. The molecule has 4 N–H and O–H groups in total. The van der Waals surface area contributed by atoms with Crippen molar-refractivity contribution in [2.75, 3.05) is 0 Å². The molecule has 0 unspecified atom stereocenters. The second-order valence-electron chi connectivity index (χ2n) is 1.78. The van der Waals surface area contributed by atoms with Crippen LogP contribution in [-0.2, 0) is 0 Å². The first kappa shape index (κ1) is 5.65. The molecule has 1 rings (SSSR count). The number of nitrogens with one attached hydrogen (secondary N) is 1. The van der Waals surface area contributed by atoms with Gasteiger partial charge in [0.1, 0.15) is 0 Å². The highest BCUT2D eigenvalue weighted by Crippen LogP contribution is 1.91. The van der Waals surface area contributed by atoms with E-state index in [-0.39, 0.29) is 6.04 Å². The van der Waals surface area contributed by atoms with E-state index in [0.29, 0.717) is 0 Å². The van der Waals surface area contributed by atoms with Crippen LogP contribution in [-0.4, -0.2) is 16.7 Å². The molecule has 0 spiro atoms. The van der Waals surface area contributed by atoms with Gasteiger partial charge < -0.3 is 5.73 Å². The standard InChI is InChI=1S/C4H7N3S/c1-2-3(5)4(8)7-6-2/h3H,5H2,1H3,(H,7,8)/p+1/t3-/m0/s1. The van der Waals surface area contributed by atoms with Crippen molar-refractivity contribution in [2.24, 2.45) is 5.10 Å². The highest BCUT2D eigenvalue weighted by molar-refractivity contribution is 7.80. The summed E-state index contributed by atoms with van der Waals surface area (Å²) in [6.07, 6.45) is 0. The van der Waals surface area contributed by atoms with Crippen molar-refractivity contribution < 1.29 is 5.73 Å². The number of hydrazone groups is 1. The maximum Gasteiger partial charge on any atom is 0.177 e. The molecule has 0 amide bonds. The average Bonchev–Trinajstić information content (AvgIpc) is 1.98. The number of hydrogen-bond donors (Lipinski definition) is 2. The van der Waals surface area contributed by atoms with Gasteiger partial charge >= 0.3 is 0 Å². The second-order valence-corrected chi connectivity index (χ2v) is 2.22. The monoisotopic (exact) mass is 130 g/mol. The molecule has 0 saturated heterocycles. The minimum absolute atomic E-state index is 0.102. The van der Waals surface area contributed by atoms with E-state index in [4.69, 9.17) is 12.2 Å². The smallest absolute Gasteiger partial charge is 0.177 e. The summed E-state index contributed by atoms with van der Waals surface area (Å²) in [5.74, 6) is 0. The molecule has 1 aliphatic rings. The van der Waals surface area contributed by atoms with Gasteiger partial charge in [-0.25, -0.2) is 0 Å². The third kappa shape index (κ3) is 0.719. The van der Waals surface area contributed by atoms with Crippen LogP contribution in [0.3, 0.4) is 0 Å². The molecule has 44 valence electrons. The molecule has 1 aliphatic heterocycles. The van der Waals surface area contributed by atoms with Crippen LogP contribution in [0.2, 0.25) is 0 Å². The lowest BCUT2D eigenvalue weighted by atomic mass is 10.2. The fourth-order valence-corrected chi connectivity index (χ4v) is 0.705. The van der Waals surface area contributed by atoms with Crippen molar-refractivity contribution in [3.05, 3.63) is 0 Å². The lowest BCUT2D eigenvalue weighted by molar-refractivity contribution is -0.370. The van der Waals surface area contributed by atoms with Crippen molar-refractivity contribution in [2.45, 2.75) is 13.0 Å². The summed E-state index contributed by atoms with van der Waals surface area (Å²) >= 11 is 4.83. The Bertz CT molecular complexity index is 151. The van der Waals surface area contributed by atoms with E-state index in [1.54, 1.807) is 0 Å². The summed E-state index contributed by atoms with van der Waals surface area (Å²) in [7, 11) is 0. The Kier molecular flexibility index (Phi) is 1.27. The average molecular weight is 130 g/mol. The number of thiocarbonyl (C=S) groups is 1. The van der Waals surface area contributed by atoms with Gasteiger partial charge in [-0.05, 0) is 6.92 Å². The quantitative estimate of drug-likeness (QED) is 0.409. The molecule has 0 radical (unpaired) electrons. The van der Waals surface area contributed by atoms with Crippen molar-refractivity contribution >= 4 is 22.9 Å². The van der Waals surface area contributed by atoms with Gasteiger partial charge in [0.2, 0.25) is 0 Å². The van der Waals surface area contributed by atoms with Crippen molar-refractivity contribution in [3.8, 4) is 0 Å². The van der Waals surface area contributed by atoms with Gasteiger partial charge in [0, 0.05) is 0 Å². The molecule has 0 aromatic carbocycles. The highest BCUT2D eigenvalue weighted by Gasteiger charge is 2.21. The summed E-state index contributed by atoms with van der Waals surface area (Å²) in [5, 5.41) is 3.86. The summed E-state index contributed by atoms with van der Waals surface area (Å²) in [6.45, 7) is 1.91. The SMILES string of the molecule is CC1=NNC(=S)[C@H]1[NH3+]. The van der Waals surface area contributed by atoms with Crippen LogP contribution in [0.25, 0.3) is 0 Å². The van der Waals surface area contributed by atoms with Gasteiger partial charge in [-0.15, -0.1) is 0 Å². The molecule has 3 nitrogen and oxygen atoms in total. The summed E-state index contributed by atoms with van der Waals surface area (Å²) in [6, 6.07) is 0.102. The Labute approximate surface area is 52.9 Å². The van der Waals surface area contributed by atoms with E-state index in [2.05, 4.69) is 16.3 Å². The van der Waals surface area contributed by atoms with Gasteiger partial charge in [0.25, 0.3) is 0 Å². The van der Waals surface area contributed by atoms with E-state index in [0.717, 1.165) is 10.7 Å². The number of rotatable bonds is 0. The van der Waals surface area contributed by atoms with Crippen molar-refractivity contribution in [1.29, 1.82) is 0 Å². The van der Waals surface area contributed by atoms with Gasteiger partial charge in [-0.3, -0.25) is 5.43 Å². The molecule has 0 aliphatic carbocycles. The Morgan fingerprint density at radius 2 is 2.50 bits per heavy atom. The van der Waals surface area contributed by atoms with Crippen LogP contribution in [0.5, 0.6) is 0 Å². The Morgan fingerprint density at radius 1 is 1.88 bits per heavy atom. The first-order valence-electron chi connectivity index (χ1n) is 2.39. The zero-order valence-corrected chi connectivity index (χ0v) is 5.46. The fraction of sp³-hybridized carbons (Fsp3) is 0.500. The molecule has 0 fully saturated rings. The van der Waals surface area contributed by atoms with Gasteiger partial charge in [0.15, 0.2) is 11.0 Å². The number of hydrogen-bond acceptors (Lipinski definition) is 2. The highest BCUT2D eigenvalue weighted by atomic mass is 32.1. The fourth-order valence-electron chi connectivity index (χ4n) is 0.489. The van der Waals surface area contributed by atoms with E-state index in [9.17, 15) is 0 Å². The molecular weight excluding hydrogens is 122 g/mol. The van der Waals surface area contributed by atoms with E-state index in [1.165, 1.54) is 0 Å². The molecule has 1 heterocycles. The number of nitrogens with zero attached hydrogens (tertiary/aromatic N) is 1. The zero-order valence-electron chi connectivity index (χ0n) is 4.64. The first-order chi connectivity index (χ1) is 3.72. The van der Waals surface area contributed by atoms with Crippen LogP contribution in [0.15, 0.2) is 5.10 Å². The van der Waals surface area contributed by atoms with Gasteiger partial charge in [-0.1, -0.05) is 12.2 Å². The summed E-state index contributed by atoms with van der Waals surface area (Å²) in [4.78, 5) is 0.725. The largest absolute Gasteiger partial charge is 0.345 e. The van der Waals surface area contributed by atoms with E-state index >= 15 is 0 Å². The predicted octanol–water partition coefficient (Wildman–Crippen LogP) is -1.10. The molecule has 4 heteroatoms. The molecular formula is C4H8N3S+. The third-order valence-corrected chi connectivity index (χ3v) is 1.54. The lowest BCUT2D eigenvalue weighted by Crippen LogP contribution is -2.67. The normalized spacial score (nSPS) is 27.5. The molecule has 0 saturated carbocycles. The van der Waals surface area contributed by atoms with E-state index in [1.807, 2.05) is 6.92 Å². The Balaban J connectivity index is 2.72. The second kappa shape index (κ2) is 1.80. The van der Waals surface area contributed by atoms with Crippen LogP contribution in [0.4, 0.5) is 0 Å². The van der Waals surface area contributed by atoms with Crippen LogP contribution in [0, 0.1) is 0 Å². The zero-order chi connectivity index (χ0) is 6.15. The topological polar surface area (TPSA) is 52.0 Å². The third-order valence-electron chi connectivity index (χ3n) is 1.16. The minimum Gasteiger partial charge on any atom is -0.345 e. The van der Waals surface area contributed by atoms with Crippen molar-refractivity contribution in [1.82, 2.24) is 5.43 Å². The van der Waals surface area contributed by atoms with Crippen LogP contribution < -0.4 is 11.2 Å². The lowest BCUT2D eigenvalue weighted by Gasteiger charge is -1.93. The van der Waals surface area contributed by atoms with Crippen LogP contribution in [0.1, 0.15) is 6.92 Å². The minimum atomic E-state index is 0.102. The van der Waals surface area contributed by atoms with Gasteiger partial charge in [-0.2, -0.15) is 5.10 Å². The Hall–Kier alpha value is -0.480. The summed E-state index contributed by atoms with van der Waals surface area (Å²) in [5.41, 5.74) is 7.41. The first-order valence-corrected chi connectivity index (χ1v) is 2.80. The Morgan fingerprint density at radius 3 is 2.62 bits per heavy atom. The molecule has 0 bridgehead atoms. The molecule has 8 heavy (non-hydrogen) atoms. The maximum atomic E-state index is 4.83. The molecule has 0 aromatic heterocycles. The maximum absolute atomic E-state index is 4.83. The van der Waals surface area contributed by atoms with Crippen LogP contribution >= 0.6 is 12.2 Å². The van der Waals surface area contributed by atoms with Crippen molar-refractivity contribution in [3.63, 3.8) is 0 Å².